The van der Waals surface area contributed by atoms with Crippen LogP contribution in [0, 0.1) is 0 Å². The molecule has 2 fully saturated rings. The van der Waals surface area contributed by atoms with Crippen molar-refractivity contribution in [1.29, 1.82) is 0 Å². The number of ether oxygens (including phenoxy) is 1. The predicted octanol–water partition coefficient (Wildman–Crippen LogP) is 0.848. The van der Waals surface area contributed by atoms with Gasteiger partial charge in [-0.3, -0.25) is 4.90 Å². The highest BCUT2D eigenvalue weighted by molar-refractivity contribution is 4.89. The summed E-state index contributed by atoms with van der Waals surface area (Å²) in [5.41, 5.74) is 0. The van der Waals surface area contributed by atoms with Crippen molar-refractivity contribution in [2.75, 3.05) is 27.2 Å². The zero-order chi connectivity index (χ0) is 9.97. The van der Waals surface area contributed by atoms with Gasteiger partial charge in [0.2, 0.25) is 0 Å². The highest BCUT2D eigenvalue weighted by Crippen LogP contribution is 2.28. The highest BCUT2D eigenvalue weighted by atomic mass is 16.5. The Kier molecular flexibility index (Phi) is 3.42. The Labute approximate surface area is 86.8 Å². The first-order valence-electron chi connectivity index (χ1n) is 5.77. The van der Waals surface area contributed by atoms with Crippen LogP contribution in [0.3, 0.4) is 0 Å². The lowest BCUT2D eigenvalue weighted by Crippen LogP contribution is -2.35. The van der Waals surface area contributed by atoms with Crippen LogP contribution >= 0.6 is 0 Å². The molecule has 0 aromatic heterocycles. The molecule has 82 valence electrons. The summed E-state index contributed by atoms with van der Waals surface area (Å²) in [5, 5.41) is 3.37. The van der Waals surface area contributed by atoms with E-state index < -0.39 is 0 Å². The van der Waals surface area contributed by atoms with Crippen LogP contribution in [-0.4, -0.2) is 50.3 Å². The SMILES string of the molecule is CNC1CCN(C2CCC(OC)C2)C1. The maximum atomic E-state index is 5.41. The summed E-state index contributed by atoms with van der Waals surface area (Å²) in [4.78, 5) is 2.64. The van der Waals surface area contributed by atoms with Crippen molar-refractivity contribution in [3.05, 3.63) is 0 Å². The molecule has 1 N–H and O–H groups in total. The average molecular weight is 198 g/mol. The molecule has 1 aliphatic heterocycles. The quantitative estimate of drug-likeness (QED) is 0.727. The van der Waals surface area contributed by atoms with Crippen LogP contribution < -0.4 is 5.32 Å². The second-order valence-corrected chi connectivity index (χ2v) is 4.59. The third-order valence-corrected chi connectivity index (χ3v) is 3.83. The zero-order valence-electron chi connectivity index (χ0n) is 9.33. The smallest absolute Gasteiger partial charge is 0.0586 e. The molecule has 0 bridgehead atoms. The number of hydrogen-bond donors (Lipinski definition) is 1. The Morgan fingerprint density at radius 2 is 2.14 bits per heavy atom. The Bertz CT molecular complexity index is 166. The summed E-state index contributed by atoms with van der Waals surface area (Å²) in [7, 11) is 3.91. The molecular formula is C11H22N2O. The molecule has 3 atom stereocenters. The van der Waals surface area contributed by atoms with Crippen molar-refractivity contribution in [3.8, 4) is 0 Å². The van der Waals surface area contributed by atoms with Gasteiger partial charge in [-0.1, -0.05) is 0 Å². The fourth-order valence-electron chi connectivity index (χ4n) is 2.82. The molecule has 3 unspecified atom stereocenters. The van der Waals surface area contributed by atoms with Gasteiger partial charge in [0, 0.05) is 32.3 Å². The van der Waals surface area contributed by atoms with Crippen LogP contribution in [0.5, 0.6) is 0 Å². The minimum Gasteiger partial charge on any atom is -0.381 e. The lowest BCUT2D eigenvalue weighted by molar-refractivity contribution is 0.0995. The van der Waals surface area contributed by atoms with E-state index >= 15 is 0 Å². The van der Waals surface area contributed by atoms with E-state index in [0.717, 1.165) is 12.1 Å². The van der Waals surface area contributed by atoms with E-state index in [1.165, 1.54) is 38.8 Å². The molecule has 3 heteroatoms. The molecule has 14 heavy (non-hydrogen) atoms. The predicted molar refractivity (Wildman–Crippen MR) is 57.5 cm³/mol. The molecular weight excluding hydrogens is 176 g/mol. The lowest BCUT2D eigenvalue weighted by Gasteiger charge is -2.23. The maximum Gasteiger partial charge on any atom is 0.0586 e. The highest BCUT2D eigenvalue weighted by Gasteiger charge is 2.32. The summed E-state index contributed by atoms with van der Waals surface area (Å²) in [5.74, 6) is 0. The van der Waals surface area contributed by atoms with Gasteiger partial charge in [0.25, 0.3) is 0 Å². The molecule has 1 heterocycles. The second kappa shape index (κ2) is 4.60. The Hall–Kier alpha value is -0.120. The van der Waals surface area contributed by atoms with E-state index in [1.807, 2.05) is 7.11 Å². The number of rotatable bonds is 3. The number of likely N-dealkylation sites (N-methyl/N-ethyl adjacent to an activating group) is 1. The zero-order valence-corrected chi connectivity index (χ0v) is 9.33. The number of nitrogens with zero attached hydrogens (tertiary/aromatic N) is 1. The van der Waals surface area contributed by atoms with Crippen LogP contribution in [-0.2, 0) is 4.74 Å². The van der Waals surface area contributed by atoms with Crippen molar-refractivity contribution in [3.63, 3.8) is 0 Å². The number of methoxy groups -OCH3 is 1. The molecule has 0 aromatic rings. The fraction of sp³-hybridized carbons (Fsp3) is 1.00. The molecule has 1 saturated carbocycles. The topological polar surface area (TPSA) is 24.5 Å². The van der Waals surface area contributed by atoms with Crippen LogP contribution in [0.2, 0.25) is 0 Å². The Morgan fingerprint density at radius 3 is 2.71 bits per heavy atom. The van der Waals surface area contributed by atoms with Crippen LogP contribution in [0.15, 0.2) is 0 Å². The monoisotopic (exact) mass is 198 g/mol. The van der Waals surface area contributed by atoms with Gasteiger partial charge in [-0.15, -0.1) is 0 Å². The van der Waals surface area contributed by atoms with Gasteiger partial charge in [0.1, 0.15) is 0 Å². The van der Waals surface area contributed by atoms with Crippen LogP contribution in [0.25, 0.3) is 0 Å². The summed E-state index contributed by atoms with van der Waals surface area (Å²) < 4.78 is 5.41. The number of nitrogens with one attached hydrogen (secondary N) is 1. The summed E-state index contributed by atoms with van der Waals surface area (Å²) in [6, 6.07) is 1.51. The van der Waals surface area contributed by atoms with Crippen molar-refractivity contribution in [2.45, 2.75) is 43.9 Å². The van der Waals surface area contributed by atoms with Crippen LogP contribution in [0.4, 0.5) is 0 Å². The van der Waals surface area contributed by atoms with Gasteiger partial charge >= 0.3 is 0 Å². The van der Waals surface area contributed by atoms with E-state index in [1.54, 1.807) is 0 Å². The average Bonchev–Trinajstić information content (AvgIpc) is 2.86. The molecule has 0 aromatic carbocycles. The molecule has 2 aliphatic rings. The Morgan fingerprint density at radius 1 is 1.29 bits per heavy atom. The molecule has 0 amide bonds. The lowest BCUT2D eigenvalue weighted by atomic mass is 10.2. The van der Waals surface area contributed by atoms with Crippen molar-refractivity contribution < 1.29 is 4.74 Å². The minimum absolute atomic E-state index is 0.522. The summed E-state index contributed by atoms with van der Waals surface area (Å²) >= 11 is 0. The largest absolute Gasteiger partial charge is 0.381 e. The van der Waals surface area contributed by atoms with Crippen molar-refractivity contribution in [1.82, 2.24) is 10.2 Å². The van der Waals surface area contributed by atoms with Gasteiger partial charge < -0.3 is 10.1 Å². The fourth-order valence-corrected chi connectivity index (χ4v) is 2.82. The molecule has 3 nitrogen and oxygen atoms in total. The van der Waals surface area contributed by atoms with Crippen molar-refractivity contribution in [2.24, 2.45) is 0 Å². The summed E-state index contributed by atoms with van der Waals surface area (Å²) in [6.45, 7) is 2.50. The van der Waals surface area contributed by atoms with E-state index in [9.17, 15) is 0 Å². The Balaban J connectivity index is 1.80. The van der Waals surface area contributed by atoms with Gasteiger partial charge in [0.05, 0.1) is 6.10 Å². The summed E-state index contributed by atoms with van der Waals surface area (Å²) in [6.07, 6.45) is 5.66. The molecule has 1 aliphatic carbocycles. The molecule has 0 radical (unpaired) electrons. The van der Waals surface area contributed by atoms with Gasteiger partial charge in [-0.05, 0) is 32.7 Å². The van der Waals surface area contributed by atoms with E-state index in [4.69, 9.17) is 4.74 Å². The van der Waals surface area contributed by atoms with E-state index in [0.29, 0.717) is 6.10 Å². The number of likely N-dealkylation sites (tertiary alicyclic amines) is 1. The third kappa shape index (κ3) is 2.10. The van der Waals surface area contributed by atoms with Gasteiger partial charge in [-0.2, -0.15) is 0 Å². The standard InChI is InChI=1S/C11H22N2O/c1-12-9-5-6-13(8-9)10-3-4-11(7-10)14-2/h9-12H,3-8H2,1-2H3. The molecule has 1 saturated heterocycles. The first kappa shape index (κ1) is 10.4. The molecule has 2 rings (SSSR count). The van der Waals surface area contributed by atoms with Gasteiger partial charge in [-0.25, -0.2) is 0 Å². The van der Waals surface area contributed by atoms with Gasteiger partial charge in [0.15, 0.2) is 0 Å². The molecule has 0 spiro atoms. The van der Waals surface area contributed by atoms with Crippen LogP contribution in [0.1, 0.15) is 25.7 Å². The van der Waals surface area contributed by atoms with E-state index in [2.05, 4.69) is 17.3 Å². The maximum absolute atomic E-state index is 5.41. The van der Waals surface area contributed by atoms with Crippen molar-refractivity contribution >= 4 is 0 Å². The number of hydrogen-bond acceptors (Lipinski definition) is 3. The first-order valence-corrected chi connectivity index (χ1v) is 5.77. The normalized spacial score (nSPS) is 39.4. The second-order valence-electron chi connectivity index (χ2n) is 4.59. The van der Waals surface area contributed by atoms with E-state index in [-0.39, 0.29) is 0 Å². The first-order chi connectivity index (χ1) is 6.83. The third-order valence-electron chi connectivity index (χ3n) is 3.83. The minimum atomic E-state index is 0.522.